The van der Waals surface area contributed by atoms with Crippen LogP contribution < -0.4 is 10.2 Å². The van der Waals surface area contributed by atoms with E-state index < -0.39 is 0 Å². The third kappa shape index (κ3) is 3.18. The lowest BCUT2D eigenvalue weighted by atomic mass is 10.2. The second-order valence-electron chi connectivity index (χ2n) is 5.01. The molecule has 118 valence electrons. The predicted molar refractivity (Wildman–Crippen MR) is 94.2 cm³/mol. The largest absolute Gasteiger partial charge is 0.493 e. The van der Waals surface area contributed by atoms with Gasteiger partial charge in [0, 0.05) is 12.1 Å². The van der Waals surface area contributed by atoms with Crippen LogP contribution in [0.1, 0.15) is 19.4 Å². The first-order chi connectivity index (χ1) is 11.3. The van der Waals surface area contributed by atoms with Crippen LogP contribution in [0.3, 0.4) is 0 Å². The zero-order chi connectivity index (χ0) is 16.1. The van der Waals surface area contributed by atoms with Crippen LogP contribution in [0.15, 0.2) is 53.6 Å². The van der Waals surface area contributed by atoms with Crippen molar-refractivity contribution in [2.75, 3.05) is 12.0 Å². The fourth-order valence-corrected chi connectivity index (χ4v) is 2.51. The molecular formula is C18H20N4O. The van der Waals surface area contributed by atoms with Gasteiger partial charge in [0.1, 0.15) is 5.75 Å². The van der Waals surface area contributed by atoms with E-state index in [1.807, 2.05) is 49.4 Å². The maximum atomic E-state index is 5.59. The van der Waals surface area contributed by atoms with Crippen molar-refractivity contribution in [3.05, 3.63) is 54.1 Å². The van der Waals surface area contributed by atoms with E-state index in [1.165, 1.54) is 0 Å². The Hall–Kier alpha value is -2.82. The number of rotatable bonds is 6. The minimum Gasteiger partial charge on any atom is -0.493 e. The van der Waals surface area contributed by atoms with Gasteiger partial charge in [0.25, 0.3) is 0 Å². The van der Waals surface area contributed by atoms with Crippen LogP contribution in [-0.2, 0) is 6.54 Å². The lowest BCUT2D eigenvalue weighted by Gasteiger charge is -2.06. The van der Waals surface area contributed by atoms with Gasteiger partial charge in [0.15, 0.2) is 0 Å². The molecule has 5 heteroatoms. The second-order valence-corrected chi connectivity index (χ2v) is 5.01. The zero-order valence-electron chi connectivity index (χ0n) is 13.4. The molecule has 3 rings (SSSR count). The highest BCUT2D eigenvalue weighted by Gasteiger charge is 2.07. The molecule has 1 aromatic heterocycles. The van der Waals surface area contributed by atoms with Crippen LogP contribution in [0.2, 0.25) is 0 Å². The van der Waals surface area contributed by atoms with Crippen LogP contribution in [-0.4, -0.2) is 22.4 Å². The molecule has 0 aliphatic heterocycles. The number of hydrogen-bond acceptors (Lipinski definition) is 4. The summed E-state index contributed by atoms with van der Waals surface area (Å²) in [7, 11) is 0. The van der Waals surface area contributed by atoms with Crippen molar-refractivity contribution in [2.24, 2.45) is 5.10 Å². The van der Waals surface area contributed by atoms with E-state index in [9.17, 15) is 0 Å². The number of fused-ring (bicyclic) bond motifs is 1. The van der Waals surface area contributed by atoms with Gasteiger partial charge in [-0.1, -0.05) is 24.3 Å². The van der Waals surface area contributed by atoms with Gasteiger partial charge in [-0.25, -0.2) is 10.4 Å². The first-order valence-corrected chi connectivity index (χ1v) is 7.79. The molecule has 3 aromatic rings. The first kappa shape index (κ1) is 15.1. The SMILES string of the molecule is CCOc1ccccc1/C=N\Nc1nc2ccccc2n1CC. The van der Waals surface area contributed by atoms with Crippen LogP contribution in [0.25, 0.3) is 11.0 Å². The Morgan fingerprint density at radius 2 is 1.91 bits per heavy atom. The highest BCUT2D eigenvalue weighted by Crippen LogP contribution is 2.20. The topological polar surface area (TPSA) is 51.4 Å². The summed E-state index contributed by atoms with van der Waals surface area (Å²) in [5.41, 5.74) is 6.03. The Kier molecular flexibility index (Phi) is 4.57. The molecule has 2 aromatic carbocycles. The molecule has 0 amide bonds. The van der Waals surface area contributed by atoms with Crippen molar-refractivity contribution in [3.63, 3.8) is 0 Å². The fraction of sp³-hybridized carbons (Fsp3) is 0.222. The molecule has 0 unspecified atom stereocenters. The number of nitrogens with one attached hydrogen (secondary N) is 1. The van der Waals surface area contributed by atoms with Crippen molar-refractivity contribution >= 4 is 23.2 Å². The van der Waals surface area contributed by atoms with Gasteiger partial charge in [-0.05, 0) is 38.1 Å². The van der Waals surface area contributed by atoms with Gasteiger partial charge in [-0.3, -0.25) is 0 Å². The molecule has 23 heavy (non-hydrogen) atoms. The summed E-state index contributed by atoms with van der Waals surface area (Å²) in [6.07, 6.45) is 1.75. The summed E-state index contributed by atoms with van der Waals surface area (Å²) in [5, 5.41) is 4.32. The van der Waals surface area contributed by atoms with E-state index in [4.69, 9.17) is 4.74 Å². The van der Waals surface area contributed by atoms with Crippen molar-refractivity contribution < 1.29 is 4.74 Å². The van der Waals surface area contributed by atoms with E-state index in [2.05, 4.69) is 33.1 Å². The summed E-state index contributed by atoms with van der Waals surface area (Å²) in [5.74, 6) is 1.56. The normalized spacial score (nSPS) is 11.2. The summed E-state index contributed by atoms with van der Waals surface area (Å²) >= 11 is 0. The monoisotopic (exact) mass is 308 g/mol. The Balaban J connectivity index is 1.83. The molecule has 0 aliphatic carbocycles. The van der Waals surface area contributed by atoms with Crippen LogP contribution in [0.4, 0.5) is 5.95 Å². The molecule has 0 bridgehead atoms. The molecule has 0 aliphatic rings. The number of ether oxygens (including phenoxy) is 1. The molecular weight excluding hydrogens is 288 g/mol. The quantitative estimate of drug-likeness (QED) is 0.555. The number of hydrazone groups is 1. The maximum Gasteiger partial charge on any atom is 0.224 e. The molecule has 5 nitrogen and oxygen atoms in total. The predicted octanol–water partition coefficient (Wildman–Crippen LogP) is 3.90. The van der Waals surface area contributed by atoms with Gasteiger partial charge in [0.05, 0.1) is 23.9 Å². The van der Waals surface area contributed by atoms with Gasteiger partial charge in [-0.2, -0.15) is 5.10 Å². The summed E-state index contributed by atoms with van der Waals surface area (Å²) in [6, 6.07) is 15.9. The summed E-state index contributed by atoms with van der Waals surface area (Å²) < 4.78 is 7.69. The minimum absolute atomic E-state index is 0.629. The van der Waals surface area contributed by atoms with Crippen LogP contribution in [0.5, 0.6) is 5.75 Å². The molecule has 0 fully saturated rings. The van der Waals surface area contributed by atoms with E-state index in [0.717, 1.165) is 34.8 Å². The molecule has 1 heterocycles. The third-order valence-electron chi connectivity index (χ3n) is 3.56. The minimum atomic E-state index is 0.629. The van der Waals surface area contributed by atoms with E-state index in [-0.39, 0.29) is 0 Å². The lowest BCUT2D eigenvalue weighted by molar-refractivity contribution is 0.340. The van der Waals surface area contributed by atoms with Crippen molar-refractivity contribution in [1.29, 1.82) is 0 Å². The lowest BCUT2D eigenvalue weighted by Crippen LogP contribution is -2.02. The number of aromatic nitrogens is 2. The molecule has 0 saturated carbocycles. The van der Waals surface area contributed by atoms with E-state index in [1.54, 1.807) is 6.21 Å². The Morgan fingerprint density at radius 3 is 2.74 bits per heavy atom. The van der Waals surface area contributed by atoms with Crippen molar-refractivity contribution in [3.8, 4) is 5.75 Å². The number of imidazole rings is 1. The van der Waals surface area contributed by atoms with Gasteiger partial charge < -0.3 is 9.30 Å². The zero-order valence-corrected chi connectivity index (χ0v) is 13.4. The summed E-state index contributed by atoms with van der Waals surface area (Å²) in [4.78, 5) is 4.58. The number of para-hydroxylation sites is 3. The third-order valence-corrected chi connectivity index (χ3v) is 3.56. The second kappa shape index (κ2) is 6.96. The number of anilines is 1. The standard InChI is InChI=1S/C18H20N4O/c1-3-22-16-11-7-6-10-15(16)20-18(22)21-19-13-14-9-5-8-12-17(14)23-4-2/h5-13H,3-4H2,1-2H3,(H,20,21)/b19-13-. The first-order valence-electron chi connectivity index (χ1n) is 7.79. The molecule has 0 saturated heterocycles. The van der Waals surface area contributed by atoms with Crippen LogP contribution >= 0.6 is 0 Å². The average molecular weight is 308 g/mol. The molecule has 0 atom stereocenters. The molecule has 1 N–H and O–H groups in total. The molecule has 0 radical (unpaired) electrons. The fourth-order valence-electron chi connectivity index (χ4n) is 2.51. The van der Waals surface area contributed by atoms with Crippen LogP contribution in [0, 0.1) is 0 Å². The van der Waals surface area contributed by atoms with Gasteiger partial charge in [-0.15, -0.1) is 0 Å². The van der Waals surface area contributed by atoms with Crippen molar-refractivity contribution in [2.45, 2.75) is 20.4 Å². The highest BCUT2D eigenvalue weighted by atomic mass is 16.5. The maximum absolute atomic E-state index is 5.59. The van der Waals surface area contributed by atoms with Crippen molar-refractivity contribution in [1.82, 2.24) is 9.55 Å². The average Bonchev–Trinajstić information content (AvgIpc) is 2.94. The smallest absolute Gasteiger partial charge is 0.224 e. The number of aryl methyl sites for hydroxylation is 1. The Labute approximate surface area is 135 Å². The number of hydrogen-bond donors (Lipinski definition) is 1. The molecule has 0 spiro atoms. The number of benzene rings is 2. The van der Waals surface area contributed by atoms with Gasteiger partial charge in [0.2, 0.25) is 5.95 Å². The Bertz CT molecular complexity index is 823. The van der Waals surface area contributed by atoms with Gasteiger partial charge >= 0.3 is 0 Å². The Morgan fingerprint density at radius 1 is 1.13 bits per heavy atom. The van der Waals surface area contributed by atoms with E-state index in [0.29, 0.717) is 6.61 Å². The van der Waals surface area contributed by atoms with E-state index >= 15 is 0 Å². The summed E-state index contributed by atoms with van der Waals surface area (Å²) in [6.45, 7) is 5.51. The number of nitrogens with zero attached hydrogens (tertiary/aromatic N) is 3. The highest BCUT2D eigenvalue weighted by molar-refractivity contribution is 5.84.